The summed E-state index contributed by atoms with van der Waals surface area (Å²) < 4.78 is 18.2. The molecule has 2 rings (SSSR count). The third-order valence-electron chi connectivity index (χ3n) is 3.10. The van der Waals surface area contributed by atoms with Crippen molar-refractivity contribution in [3.63, 3.8) is 0 Å². The number of oxazole rings is 1. The lowest BCUT2D eigenvalue weighted by atomic mass is 10.1. The molecule has 0 aliphatic heterocycles. The summed E-state index contributed by atoms with van der Waals surface area (Å²) in [6, 6.07) is 5.97. The third kappa shape index (κ3) is 4.13. The van der Waals surface area contributed by atoms with Gasteiger partial charge in [0.1, 0.15) is 12.1 Å². The van der Waals surface area contributed by atoms with Crippen molar-refractivity contribution >= 4 is 5.91 Å². The van der Waals surface area contributed by atoms with Gasteiger partial charge in [-0.1, -0.05) is 19.1 Å². The van der Waals surface area contributed by atoms with Crippen molar-refractivity contribution in [3.8, 4) is 0 Å². The van der Waals surface area contributed by atoms with Gasteiger partial charge in [0, 0.05) is 6.54 Å². The Bertz CT molecular complexity index is 612. The van der Waals surface area contributed by atoms with E-state index in [1.807, 2.05) is 13.0 Å². The average Bonchev–Trinajstić information content (AvgIpc) is 2.96. The minimum atomic E-state index is -0.329. The molecule has 1 amide bonds. The topological polar surface area (TPSA) is 81.1 Å². The normalized spacial score (nSPS) is 12.1. The zero-order valence-electron chi connectivity index (χ0n) is 11.8. The first kappa shape index (κ1) is 15.2. The molecule has 0 fully saturated rings. The molecule has 1 atom stereocenters. The van der Waals surface area contributed by atoms with Crippen molar-refractivity contribution < 1.29 is 13.6 Å². The molecule has 1 aromatic carbocycles. The van der Waals surface area contributed by atoms with Crippen molar-refractivity contribution in [3.05, 3.63) is 53.5 Å². The Morgan fingerprint density at radius 3 is 3.05 bits per heavy atom. The summed E-state index contributed by atoms with van der Waals surface area (Å²) in [6.07, 6.45) is 2.52. The number of rotatable bonds is 6. The molecule has 1 heterocycles. The maximum absolute atomic E-state index is 13.0. The highest BCUT2D eigenvalue weighted by Gasteiger charge is 2.15. The monoisotopic (exact) mass is 291 g/mol. The number of benzene rings is 1. The van der Waals surface area contributed by atoms with Crippen LogP contribution in [0.15, 0.2) is 34.9 Å². The van der Waals surface area contributed by atoms with Crippen molar-refractivity contribution in [1.29, 1.82) is 0 Å². The smallest absolute Gasteiger partial charge is 0.273 e. The van der Waals surface area contributed by atoms with Crippen LogP contribution in [-0.2, 0) is 6.42 Å². The average molecular weight is 291 g/mol. The summed E-state index contributed by atoms with van der Waals surface area (Å²) in [4.78, 5) is 15.9. The number of aromatic nitrogens is 1. The van der Waals surface area contributed by atoms with Crippen molar-refractivity contribution in [2.75, 3.05) is 6.54 Å². The van der Waals surface area contributed by atoms with Gasteiger partial charge in [0.05, 0.1) is 6.04 Å². The van der Waals surface area contributed by atoms with Crippen LogP contribution in [0.5, 0.6) is 0 Å². The van der Waals surface area contributed by atoms with E-state index in [0.29, 0.717) is 25.3 Å². The predicted octanol–water partition coefficient (Wildman–Crippen LogP) is 2.20. The number of hydrogen-bond donors (Lipinski definition) is 2. The van der Waals surface area contributed by atoms with Crippen molar-refractivity contribution in [2.45, 2.75) is 25.8 Å². The Labute approximate surface area is 122 Å². The molecule has 0 bridgehead atoms. The Balaban J connectivity index is 1.86. The van der Waals surface area contributed by atoms with E-state index in [-0.39, 0.29) is 23.5 Å². The first-order valence-corrected chi connectivity index (χ1v) is 6.83. The summed E-state index contributed by atoms with van der Waals surface area (Å²) in [5.74, 6) is -0.258. The number of halogens is 1. The molecule has 0 saturated carbocycles. The van der Waals surface area contributed by atoms with Gasteiger partial charge in [-0.05, 0) is 30.5 Å². The van der Waals surface area contributed by atoms with Crippen LogP contribution in [0.2, 0.25) is 0 Å². The van der Waals surface area contributed by atoms with Gasteiger partial charge < -0.3 is 15.5 Å². The largest absolute Gasteiger partial charge is 0.446 e. The van der Waals surface area contributed by atoms with Crippen LogP contribution in [0.25, 0.3) is 0 Å². The highest BCUT2D eigenvalue weighted by Crippen LogP contribution is 2.12. The van der Waals surface area contributed by atoms with Crippen molar-refractivity contribution in [1.82, 2.24) is 10.3 Å². The zero-order valence-corrected chi connectivity index (χ0v) is 11.8. The number of carbonyl (C=O) groups is 1. The number of nitrogens with zero attached hydrogens (tertiary/aromatic N) is 1. The molecule has 5 nitrogen and oxygen atoms in total. The zero-order chi connectivity index (χ0) is 15.2. The lowest BCUT2D eigenvalue weighted by molar-refractivity contribution is 0.0949. The van der Waals surface area contributed by atoms with E-state index in [1.54, 1.807) is 6.07 Å². The highest BCUT2D eigenvalue weighted by molar-refractivity contribution is 5.91. The molecule has 0 radical (unpaired) electrons. The summed E-state index contributed by atoms with van der Waals surface area (Å²) in [7, 11) is 0. The fraction of sp³-hybridized carbons (Fsp3) is 0.333. The van der Waals surface area contributed by atoms with Crippen LogP contribution in [0, 0.1) is 5.82 Å². The molecule has 1 aromatic heterocycles. The first-order chi connectivity index (χ1) is 10.1. The van der Waals surface area contributed by atoms with Gasteiger partial charge in [-0.3, -0.25) is 4.79 Å². The van der Waals surface area contributed by atoms with Gasteiger partial charge in [0.25, 0.3) is 5.91 Å². The second-order valence-electron chi connectivity index (χ2n) is 4.72. The van der Waals surface area contributed by atoms with E-state index < -0.39 is 0 Å². The maximum Gasteiger partial charge on any atom is 0.273 e. The molecule has 6 heteroatoms. The molecule has 2 aromatic rings. The Morgan fingerprint density at radius 2 is 2.33 bits per heavy atom. The quantitative estimate of drug-likeness (QED) is 0.855. The van der Waals surface area contributed by atoms with Gasteiger partial charge in [0.2, 0.25) is 5.89 Å². The maximum atomic E-state index is 13.0. The molecular weight excluding hydrogens is 273 g/mol. The molecule has 3 N–H and O–H groups in total. The SMILES string of the molecule is CCC(N)c1nc(C(=O)NCCc2cccc(F)c2)co1. The Hall–Kier alpha value is -2.21. The van der Waals surface area contributed by atoms with Crippen molar-refractivity contribution in [2.24, 2.45) is 5.73 Å². The van der Waals surface area contributed by atoms with E-state index >= 15 is 0 Å². The predicted molar refractivity (Wildman–Crippen MR) is 76.2 cm³/mol. The second kappa shape index (κ2) is 6.99. The van der Waals surface area contributed by atoms with Crippen LogP contribution < -0.4 is 11.1 Å². The molecule has 0 aliphatic carbocycles. The van der Waals surface area contributed by atoms with Gasteiger partial charge >= 0.3 is 0 Å². The number of amides is 1. The summed E-state index contributed by atoms with van der Waals surface area (Å²) in [6.45, 7) is 2.30. The number of nitrogens with two attached hydrogens (primary N) is 1. The Morgan fingerprint density at radius 1 is 1.52 bits per heavy atom. The number of nitrogens with one attached hydrogen (secondary N) is 1. The standard InChI is InChI=1S/C15H18FN3O2/c1-2-12(17)15-19-13(9-21-15)14(20)18-7-6-10-4-3-5-11(16)8-10/h3-5,8-9,12H,2,6-7,17H2,1H3,(H,18,20). The van der Waals surface area contributed by atoms with Crippen LogP contribution in [0.3, 0.4) is 0 Å². The number of hydrogen-bond acceptors (Lipinski definition) is 4. The molecule has 0 spiro atoms. The second-order valence-corrected chi connectivity index (χ2v) is 4.72. The molecule has 0 saturated heterocycles. The summed E-state index contributed by atoms with van der Waals surface area (Å²) in [5.41, 5.74) is 6.80. The minimum Gasteiger partial charge on any atom is -0.446 e. The fourth-order valence-corrected chi connectivity index (χ4v) is 1.84. The van der Waals surface area contributed by atoms with Gasteiger partial charge in [-0.15, -0.1) is 0 Å². The Kier molecular flexibility index (Phi) is 5.05. The molecule has 112 valence electrons. The van der Waals surface area contributed by atoms with E-state index in [4.69, 9.17) is 10.2 Å². The first-order valence-electron chi connectivity index (χ1n) is 6.83. The lowest BCUT2D eigenvalue weighted by Crippen LogP contribution is -2.26. The molecule has 0 aliphatic rings. The van der Waals surface area contributed by atoms with E-state index in [2.05, 4.69) is 10.3 Å². The van der Waals surface area contributed by atoms with Crippen LogP contribution in [0.4, 0.5) is 4.39 Å². The van der Waals surface area contributed by atoms with E-state index in [9.17, 15) is 9.18 Å². The lowest BCUT2D eigenvalue weighted by Gasteiger charge is -2.03. The molecule has 1 unspecified atom stereocenters. The highest BCUT2D eigenvalue weighted by atomic mass is 19.1. The van der Waals surface area contributed by atoms with Gasteiger partial charge in [0.15, 0.2) is 5.69 Å². The third-order valence-corrected chi connectivity index (χ3v) is 3.10. The molecule has 21 heavy (non-hydrogen) atoms. The van der Waals surface area contributed by atoms with Gasteiger partial charge in [-0.2, -0.15) is 0 Å². The summed E-state index contributed by atoms with van der Waals surface area (Å²) in [5, 5.41) is 2.71. The van der Waals surface area contributed by atoms with E-state index in [0.717, 1.165) is 5.56 Å². The van der Waals surface area contributed by atoms with Gasteiger partial charge in [-0.25, -0.2) is 9.37 Å². The minimum absolute atomic E-state index is 0.202. The van der Waals surface area contributed by atoms with Crippen LogP contribution in [0.1, 0.15) is 41.3 Å². The van der Waals surface area contributed by atoms with Crippen LogP contribution >= 0.6 is 0 Å². The van der Waals surface area contributed by atoms with Crippen LogP contribution in [-0.4, -0.2) is 17.4 Å². The fourth-order valence-electron chi connectivity index (χ4n) is 1.84. The summed E-state index contributed by atoms with van der Waals surface area (Å²) >= 11 is 0. The molecular formula is C15H18FN3O2. The number of carbonyl (C=O) groups excluding carboxylic acids is 1. The van der Waals surface area contributed by atoms with E-state index in [1.165, 1.54) is 18.4 Å².